The Morgan fingerprint density at radius 1 is 1.12 bits per heavy atom. The smallest absolute Gasteiger partial charge is 0.229 e. The second kappa shape index (κ2) is 9.52. The summed E-state index contributed by atoms with van der Waals surface area (Å²) in [6, 6.07) is 10.1. The van der Waals surface area contributed by atoms with E-state index in [1.807, 2.05) is 30.5 Å². The van der Waals surface area contributed by atoms with Crippen molar-refractivity contribution in [1.29, 1.82) is 0 Å². The zero-order valence-corrected chi connectivity index (χ0v) is 19.8. The maximum atomic E-state index is 14.7. The highest BCUT2D eigenvalue weighted by Crippen LogP contribution is 2.39. The Morgan fingerprint density at radius 3 is 2.68 bits per heavy atom. The first-order valence-electron chi connectivity index (χ1n) is 11.8. The average Bonchev–Trinajstić information content (AvgIpc) is 3.17. The van der Waals surface area contributed by atoms with Crippen molar-refractivity contribution in [3.05, 3.63) is 54.1 Å². The van der Waals surface area contributed by atoms with Crippen LogP contribution in [0.2, 0.25) is 0 Å². The third-order valence-corrected chi connectivity index (χ3v) is 6.31. The van der Waals surface area contributed by atoms with Gasteiger partial charge in [0.1, 0.15) is 11.5 Å². The molecule has 1 aromatic carbocycles. The topological polar surface area (TPSA) is 81.2 Å². The van der Waals surface area contributed by atoms with E-state index in [0.29, 0.717) is 23.4 Å². The van der Waals surface area contributed by atoms with Crippen molar-refractivity contribution in [2.24, 2.45) is 0 Å². The molecule has 5 rings (SSSR count). The van der Waals surface area contributed by atoms with E-state index in [1.165, 1.54) is 6.20 Å². The zero-order valence-electron chi connectivity index (χ0n) is 19.8. The van der Waals surface area contributed by atoms with E-state index >= 15 is 0 Å². The maximum absolute atomic E-state index is 14.7. The Balaban J connectivity index is 1.34. The minimum atomic E-state index is -0.458. The predicted octanol–water partition coefficient (Wildman–Crippen LogP) is 3.81. The fourth-order valence-corrected chi connectivity index (χ4v) is 4.71. The van der Waals surface area contributed by atoms with Gasteiger partial charge in [-0.05, 0) is 44.5 Å². The van der Waals surface area contributed by atoms with Crippen LogP contribution in [0.25, 0.3) is 11.3 Å². The standard InChI is InChI=1S/C25H31FN8/c1-16(2)34-17(3)30-21-6-5-19(12-22(21)34)24-20(26)14-29-25(32-24)31-23-7-4-18(13-28-23)15-33-10-8-27-9-11-33/h4-7,12-14,16-17,27,30H,8-11,15H2,1-3H3,(H,28,29,31,32). The first-order chi connectivity index (χ1) is 16.5. The summed E-state index contributed by atoms with van der Waals surface area (Å²) >= 11 is 0. The molecule has 2 aromatic heterocycles. The highest BCUT2D eigenvalue weighted by atomic mass is 19.1. The number of anilines is 4. The van der Waals surface area contributed by atoms with Crippen LogP contribution in [0.3, 0.4) is 0 Å². The molecule has 3 aromatic rings. The number of hydrogen-bond acceptors (Lipinski definition) is 8. The van der Waals surface area contributed by atoms with E-state index in [1.54, 1.807) is 0 Å². The Kier molecular flexibility index (Phi) is 6.30. The maximum Gasteiger partial charge on any atom is 0.229 e. The van der Waals surface area contributed by atoms with Crippen LogP contribution in [0.1, 0.15) is 26.3 Å². The third-order valence-electron chi connectivity index (χ3n) is 6.31. The molecular formula is C25H31FN8. The Labute approximate surface area is 199 Å². The van der Waals surface area contributed by atoms with Crippen LogP contribution in [0, 0.1) is 5.82 Å². The highest BCUT2D eigenvalue weighted by molar-refractivity contribution is 5.81. The minimum absolute atomic E-state index is 0.179. The molecule has 3 N–H and O–H groups in total. The number of nitrogens with one attached hydrogen (secondary N) is 3. The molecule has 4 heterocycles. The average molecular weight is 463 g/mol. The molecule has 0 radical (unpaired) electrons. The Bertz CT molecular complexity index is 1140. The largest absolute Gasteiger partial charge is 0.364 e. The summed E-state index contributed by atoms with van der Waals surface area (Å²) in [6.45, 7) is 11.4. The summed E-state index contributed by atoms with van der Waals surface area (Å²) in [5.74, 6) is 0.478. The summed E-state index contributed by atoms with van der Waals surface area (Å²) < 4.78 is 14.7. The van der Waals surface area contributed by atoms with Crippen LogP contribution in [0.4, 0.5) is 27.5 Å². The monoisotopic (exact) mass is 462 g/mol. The summed E-state index contributed by atoms with van der Waals surface area (Å²) in [4.78, 5) is 17.8. The molecule has 8 nitrogen and oxygen atoms in total. The molecule has 0 bridgehead atoms. The molecule has 2 aliphatic rings. The number of hydrogen-bond donors (Lipinski definition) is 3. The first kappa shape index (κ1) is 22.5. The quantitative estimate of drug-likeness (QED) is 0.510. The molecule has 34 heavy (non-hydrogen) atoms. The van der Waals surface area contributed by atoms with Crippen molar-refractivity contribution in [1.82, 2.24) is 25.2 Å². The molecule has 9 heteroatoms. The number of halogens is 1. The third kappa shape index (κ3) is 4.67. The summed E-state index contributed by atoms with van der Waals surface area (Å²) in [5.41, 5.74) is 4.22. The fourth-order valence-electron chi connectivity index (χ4n) is 4.71. The van der Waals surface area contributed by atoms with Gasteiger partial charge in [0.25, 0.3) is 0 Å². The number of aromatic nitrogens is 3. The van der Waals surface area contributed by atoms with Crippen LogP contribution in [-0.2, 0) is 6.54 Å². The van der Waals surface area contributed by atoms with E-state index in [9.17, 15) is 4.39 Å². The second-order valence-electron chi connectivity index (χ2n) is 9.15. The number of pyridine rings is 1. The van der Waals surface area contributed by atoms with Gasteiger partial charge in [0.05, 0.1) is 23.7 Å². The van der Waals surface area contributed by atoms with Crippen molar-refractivity contribution >= 4 is 23.1 Å². The van der Waals surface area contributed by atoms with Crippen LogP contribution in [0.15, 0.2) is 42.7 Å². The van der Waals surface area contributed by atoms with Crippen molar-refractivity contribution in [3.63, 3.8) is 0 Å². The SMILES string of the molecule is CC(C)N1c2cc(-c3nc(Nc4ccc(CN5CCNCC5)cn4)ncc3F)ccc2NC1C. The fraction of sp³-hybridized carbons (Fsp3) is 0.400. The lowest BCUT2D eigenvalue weighted by atomic mass is 10.1. The highest BCUT2D eigenvalue weighted by Gasteiger charge is 2.28. The molecule has 1 atom stereocenters. The Morgan fingerprint density at radius 2 is 1.94 bits per heavy atom. The van der Waals surface area contributed by atoms with Crippen molar-refractivity contribution in [3.8, 4) is 11.3 Å². The molecular weight excluding hydrogens is 431 g/mol. The van der Waals surface area contributed by atoms with Crippen molar-refractivity contribution in [2.45, 2.75) is 39.5 Å². The lowest BCUT2D eigenvalue weighted by Crippen LogP contribution is -2.42. The van der Waals surface area contributed by atoms with Gasteiger partial charge in [0.15, 0.2) is 5.82 Å². The number of piperazine rings is 1. The van der Waals surface area contributed by atoms with Crippen molar-refractivity contribution < 1.29 is 4.39 Å². The van der Waals surface area contributed by atoms with E-state index < -0.39 is 5.82 Å². The molecule has 178 valence electrons. The predicted molar refractivity (Wildman–Crippen MR) is 134 cm³/mol. The van der Waals surface area contributed by atoms with Gasteiger partial charge < -0.3 is 20.9 Å². The molecule has 0 aliphatic carbocycles. The lowest BCUT2D eigenvalue weighted by Gasteiger charge is -2.28. The summed E-state index contributed by atoms with van der Waals surface area (Å²) in [5, 5.41) is 9.95. The van der Waals surface area contributed by atoms with Gasteiger partial charge >= 0.3 is 0 Å². The van der Waals surface area contributed by atoms with E-state index in [2.05, 4.69) is 67.5 Å². The molecule has 2 aliphatic heterocycles. The van der Waals surface area contributed by atoms with Gasteiger partial charge in [-0.25, -0.2) is 19.3 Å². The summed E-state index contributed by atoms with van der Waals surface area (Å²) in [7, 11) is 0. The first-order valence-corrected chi connectivity index (χ1v) is 11.8. The van der Waals surface area contributed by atoms with Crippen LogP contribution in [0.5, 0.6) is 0 Å². The van der Waals surface area contributed by atoms with Gasteiger partial charge in [-0.15, -0.1) is 0 Å². The summed E-state index contributed by atoms with van der Waals surface area (Å²) in [6.07, 6.45) is 3.25. The molecule has 1 fully saturated rings. The number of benzene rings is 1. The van der Waals surface area contributed by atoms with Gasteiger partial charge in [-0.3, -0.25) is 4.90 Å². The zero-order chi connectivity index (χ0) is 23.7. The van der Waals surface area contributed by atoms with Gasteiger partial charge in [-0.1, -0.05) is 12.1 Å². The van der Waals surface area contributed by atoms with Crippen LogP contribution < -0.4 is 20.9 Å². The number of rotatable bonds is 6. The molecule has 0 amide bonds. The van der Waals surface area contributed by atoms with Gasteiger partial charge in [0, 0.05) is 50.5 Å². The second-order valence-corrected chi connectivity index (χ2v) is 9.15. The molecule has 1 unspecified atom stereocenters. The van der Waals surface area contributed by atoms with E-state index in [0.717, 1.165) is 49.7 Å². The van der Waals surface area contributed by atoms with Crippen LogP contribution in [-0.4, -0.2) is 58.2 Å². The van der Waals surface area contributed by atoms with Gasteiger partial charge in [0.2, 0.25) is 5.95 Å². The van der Waals surface area contributed by atoms with E-state index in [-0.39, 0.29) is 11.9 Å². The van der Waals surface area contributed by atoms with Gasteiger partial charge in [-0.2, -0.15) is 0 Å². The lowest BCUT2D eigenvalue weighted by molar-refractivity contribution is 0.233. The molecule has 0 spiro atoms. The van der Waals surface area contributed by atoms with Crippen LogP contribution >= 0.6 is 0 Å². The number of nitrogens with zero attached hydrogens (tertiary/aromatic N) is 5. The van der Waals surface area contributed by atoms with E-state index in [4.69, 9.17) is 0 Å². The Hall–Kier alpha value is -3.30. The number of fused-ring (bicyclic) bond motifs is 1. The minimum Gasteiger partial charge on any atom is -0.364 e. The molecule has 0 saturated carbocycles. The van der Waals surface area contributed by atoms with Crippen molar-refractivity contribution in [2.75, 3.05) is 41.7 Å². The molecule has 1 saturated heterocycles. The normalized spacial score (nSPS) is 18.1.